The van der Waals surface area contributed by atoms with E-state index in [4.69, 9.17) is 9.47 Å². The third kappa shape index (κ3) is 3.35. The Morgan fingerprint density at radius 2 is 1.50 bits per heavy atom. The van der Waals surface area contributed by atoms with Gasteiger partial charge in [-0.2, -0.15) is 0 Å². The largest absolute Gasteiger partial charge is 0.419 e. The molecular formula is C19H15FO4. The summed E-state index contributed by atoms with van der Waals surface area (Å²) in [6.07, 6.45) is 1.41. The number of hydrogen-bond acceptors (Lipinski definition) is 4. The van der Waals surface area contributed by atoms with Crippen molar-refractivity contribution in [1.29, 1.82) is 0 Å². The second kappa shape index (κ2) is 5.92. The lowest BCUT2D eigenvalue weighted by Crippen LogP contribution is -2.41. The third-order valence-electron chi connectivity index (χ3n) is 3.47. The summed E-state index contributed by atoms with van der Waals surface area (Å²) < 4.78 is 23.5. The molecule has 0 atom stereocenters. The molecule has 0 aromatic heterocycles. The third-order valence-corrected chi connectivity index (χ3v) is 3.47. The van der Waals surface area contributed by atoms with E-state index in [-0.39, 0.29) is 11.4 Å². The molecule has 24 heavy (non-hydrogen) atoms. The maximum Gasteiger partial charge on any atom is 0.348 e. The molecule has 0 spiro atoms. The quantitative estimate of drug-likeness (QED) is 0.479. The van der Waals surface area contributed by atoms with Gasteiger partial charge in [0.05, 0.1) is 0 Å². The molecule has 1 aliphatic rings. The predicted octanol–water partition coefficient (Wildman–Crippen LogP) is 3.71. The number of hydrogen-bond donors (Lipinski definition) is 0. The van der Waals surface area contributed by atoms with Gasteiger partial charge in [0.15, 0.2) is 0 Å². The highest BCUT2D eigenvalue weighted by Crippen LogP contribution is 2.26. The van der Waals surface area contributed by atoms with Gasteiger partial charge in [-0.05, 0) is 41.0 Å². The van der Waals surface area contributed by atoms with Crippen molar-refractivity contribution in [2.24, 2.45) is 0 Å². The molecule has 0 N–H and O–H groups in total. The molecule has 1 aliphatic heterocycles. The molecule has 0 amide bonds. The smallest absolute Gasteiger partial charge is 0.348 e. The Kier molecular flexibility index (Phi) is 3.93. The van der Waals surface area contributed by atoms with Crippen molar-refractivity contribution in [3.05, 3.63) is 65.5 Å². The van der Waals surface area contributed by atoms with Crippen LogP contribution < -0.4 is 0 Å². The van der Waals surface area contributed by atoms with Crippen LogP contribution in [0.25, 0.3) is 17.2 Å². The fourth-order valence-corrected chi connectivity index (χ4v) is 2.42. The van der Waals surface area contributed by atoms with Crippen LogP contribution in [-0.4, -0.2) is 17.7 Å². The Bertz CT molecular complexity index is 830. The van der Waals surface area contributed by atoms with Crippen LogP contribution in [0.4, 0.5) is 4.39 Å². The first-order valence-corrected chi connectivity index (χ1v) is 7.38. The van der Waals surface area contributed by atoms with E-state index in [0.29, 0.717) is 11.1 Å². The van der Waals surface area contributed by atoms with Crippen LogP contribution in [0.3, 0.4) is 0 Å². The van der Waals surface area contributed by atoms with Crippen molar-refractivity contribution in [2.75, 3.05) is 0 Å². The van der Waals surface area contributed by atoms with Gasteiger partial charge >= 0.3 is 11.9 Å². The summed E-state index contributed by atoms with van der Waals surface area (Å²) in [6, 6.07) is 13.2. The van der Waals surface area contributed by atoms with Crippen molar-refractivity contribution >= 4 is 18.0 Å². The number of cyclic esters (lactones) is 2. The monoisotopic (exact) mass is 326 g/mol. The van der Waals surface area contributed by atoms with Gasteiger partial charge in [0.1, 0.15) is 11.4 Å². The van der Waals surface area contributed by atoms with E-state index in [0.717, 1.165) is 5.56 Å². The molecule has 0 aliphatic carbocycles. The molecule has 2 aromatic rings. The average molecular weight is 326 g/mol. The average Bonchev–Trinajstić information content (AvgIpc) is 2.50. The molecule has 2 aromatic carbocycles. The van der Waals surface area contributed by atoms with Crippen LogP contribution >= 0.6 is 0 Å². The Balaban J connectivity index is 1.95. The molecule has 122 valence electrons. The van der Waals surface area contributed by atoms with Crippen molar-refractivity contribution in [3.63, 3.8) is 0 Å². The van der Waals surface area contributed by atoms with Gasteiger partial charge in [0.25, 0.3) is 5.79 Å². The van der Waals surface area contributed by atoms with Crippen LogP contribution in [0.5, 0.6) is 0 Å². The highest BCUT2D eigenvalue weighted by Gasteiger charge is 2.38. The molecule has 0 radical (unpaired) electrons. The van der Waals surface area contributed by atoms with E-state index >= 15 is 0 Å². The minimum absolute atomic E-state index is 0.175. The van der Waals surface area contributed by atoms with Crippen LogP contribution in [0.1, 0.15) is 19.4 Å². The minimum atomic E-state index is -1.27. The summed E-state index contributed by atoms with van der Waals surface area (Å²) in [5.41, 5.74) is 1.90. The Hall–Kier alpha value is -2.95. The van der Waals surface area contributed by atoms with Crippen molar-refractivity contribution in [3.8, 4) is 11.1 Å². The zero-order chi connectivity index (χ0) is 17.3. The second-order valence-electron chi connectivity index (χ2n) is 5.87. The van der Waals surface area contributed by atoms with Crippen LogP contribution in [0.15, 0.2) is 54.1 Å². The van der Waals surface area contributed by atoms with E-state index in [1.54, 1.807) is 30.3 Å². The normalized spacial score (nSPS) is 16.4. The first-order valence-electron chi connectivity index (χ1n) is 7.38. The molecule has 0 unspecified atom stereocenters. The summed E-state index contributed by atoms with van der Waals surface area (Å²) in [6.45, 7) is 2.98. The number of benzene rings is 2. The SMILES string of the molecule is CC1(C)OC(=O)C(=Cc2cccc(-c3cccc(F)c3)c2)C(=O)O1. The lowest BCUT2D eigenvalue weighted by molar-refractivity contribution is -0.222. The van der Waals surface area contributed by atoms with E-state index < -0.39 is 17.7 Å². The summed E-state index contributed by atoms with van der Waals surface area (Å²) >= 11 is 0. The van der Waals surface area contributed by atoms with E-state index in [9.17, 15) is 14.0 Å². The molecule has 0 saturated carbocycles. The van der Waals surface area contributed by atoms with Crippen molar-refractivity contribution in [1.82, 2.24) is 0 Å². The first-order chi connectivity index (χ1) is 11.3. The first kappa shape index (κ1) is 15.9. The molecule has 0 bridgehead atoms. The van der Waals surface area contributed by atoms with Crippen LogP contribution in [0.2, 0.25) is 0 Å². The number of halogens is 1. The molecular weight excluding hydrogens is 311 g/mol. The summed E-state index contributed by atoms with van der Waals surface area (Å²) in [5.74, 6) is -3.06. The number of ether oxygens (including phenoxy) is 2. The topological polar surface area (TPSA) is 52.6 Å². The van der Waals surface area contributed by atoms with E-state index in [1.165, 1.54) is 32.1 Å². The molecule has 1 fully saturated rings. The number of rotatable bonds is 2. The molecule has 4 nitrogen and oxygen atoms in total. The van der Waals surface area contributed by atoms with Gasteiger partial charge in [-0.25, -0.2) is 14.0 Å². The molecule has 1 heterocycles. The maximum absolute atomic E-state index is 13.4. The van der Waals surface area contributed by atoms with Gasteiger partial charge in [-0.15, -0.1) is 0 Å². The zero-order valence-corrected chi connectivity index (χ0v) is 13.2. The summed E-state index contributed by atoms with van der Waals surface area (Å²) in [5, 5.41) is 0. The number of carbonyl (C=O) groups excluding carboxylic acids is 2. The van der Waals surface area contributed by atoms with Crippen molar-refractivity contribution < 1.29 is 23.5 Å². The highest BCUT2D eigenvalue weighted by atomic mass is 19.1. The Morgan fingerprint density at radius 1 is 0.917 bits per heavy atom. The summed E-state index contributed by atoms with van der Waals surface area (Å²) in [7, 11) is 0. The fourth-order valence-electron chi connectivity index (χ4n) is 2.42. The minimum Gasteiger partial charge on any atom is -0.419 e. The number of carbonyl (C=O) groups is 2. The van der Waals surface area contributed by atoms with Crippen molar-refractivity contribution in [2.45, 2.75) is 19.6 Å². The van der Waals surface area contributed by atoms with Crippen LogP contribution in [-0.2, 0) is 19.1 Å². The van der Waals surface area contributed by atoms with Gasteiger partial charge in [0, 0.05) is 13.8 Å². The van der Waals surface area contributed by atoms with Gasteiger partial charge in [-0.3, -0.25) is 0 Å². The number of esters is 2. The molecule has 1 saturated heterocycles. The van der Waals surface area contributed by atoms with Gasteiger partial charge in [0.2, 0.25) is 0 Å². The van der Waals surface area contributed by atoms with Crippen LogP contribution in [0, 0.1) is 5.82 Å². The predicted molar refractivity (Wildman–Crippen MR) is 86.1 cm³/mol. The second-order valence-corrected chi connectivity index (χ2v) is 5.87. The van der Waals surface area contributed by atoms with E-state index in [1.807, 2.05) is 6.07 Å². The van der Waals surface area contributed by atoms with E-state index in [2.05, 4.69) is 0 Å². The fraction of sp³-hybridized carbons (Fsp3) is 0.158. The molecule has 5 heteroatoms. The lowest BCUT2D eigenvalue weighted by Gasteiger charge is -2.29. The Labute approximate surface area is 138 Å². The molecule has 3 rings (SSSR count). The standard InChI is InChI=1S/C19H15FO4/c1-19(2)23-17(21)16(18(22)24-19)10-12-5-3-6-13(9-12)14-7-4-8-15(20)11-14/h3-11H,1-2H3. The zero-order valence-electron chi connectivity index (χ0n) is 13.2. The lowest BCUT2D eigenvalue weighted by atomic mass is 10.0. The Morgan fingerprint density at radius 3 is 2.12 bits per heavy atom. The summed E-state index contributed by atoms with van der Waals surface area (Å²) in [4.78, 5) is 24.0. The van der Waals surface area contributed by atoms with Gasteiger partial charge in [-0.1, -0.05) is 30.3 Å². The van der Waals surface area contributed by atoms with Gasteiger partial charge < -0.3 is 9.47 Å². The highest BCUT2D eigenvalue weighted by molar-refractivity contribution is 6.18. The maximum atomic E-state index is 13.4.